The Bertz CT molecular complexity index is 734. The van der Waals surface area contributed by atoms with Gasteiger partial charge in [0.05, 0.1) is 13.0 Å². The van der Waals surface area contributed by atoms with Gasteiger partial charge < -0.3 is 10.1 Å². The highest BCUT2D eigenvalue weighted by Gasteiger charge is 2.42. The second-order valence-electron chi connectivity index (χ2n) is 7.24. The quantitative estimate of drug-likeness (QED) is 0.920. The van der Waals surface area contributed by atoms with Crippen LogP contribution < -0.4 is 10.1 Å². The molecule has 1 aliphatic heterocycles. The van der Waals surface area contributed by atoms with Crippen molar-refractivity contribution in [3.05, 3.63) is 65.2 Å². The number of piperidine rings is 1. The zero-order chi connectivity index (χ0) is 17.3. The Morgan fingerprint density at radius 1 is 1.08 bits per heavy atom. The number of hydrogen-bond donors (Lipinski definition) is 1. The summed E-state index contributed by atoms with van der Waals surface area (Å²) >= 11 is 0. The number of aryl methyl sites for hydroxylation is 1. The minimum atomic E-state index is -0.256. The SMILES string of the molecule is COc1ccc(C2CC(c3cccc(C)c3)C(C)(C)NC2=O)cc1. The van der Waals surface area contributed by atoms with Gasteiger partial charge in [-0.2, -0.15) is 0 Å². The molecule has 2 aromatic carbocycles. The molecule has 1 amide bonds. The Hall–Kier alpha value is -2.29. The molecule has 1 N–H and O–H groups in total. The average molecular weight is 323 g/mol. The zero-order valence-electron chi connectivity index (χ0n) is 14.8. The molecule has 1 aliphatic rings. The van der Waals surface area contributed by atoms with E-state index in [1.54, 1.807) is 7.11 Å². The van der Waals surface area contributed by atoms with Crippen molar-refractivity contribution in [1.29, 1.82) is 0 Å². The summed E-state index contributed by atoms with van der Waals surface area (Å²) in [6.07, 6.45) is 0.814. The Labute approximate surface area is 144 Å². The predicted molar refractivity (Wildman–Crippen MR) is 96.5 cm³/mol. The number of carbonyl (C=O) groups is 1. The van der Waals surface area contributed by atoms with E-state index in [9.17, 15) is 4.79 Å². The summed E-state index contributed by atoms with van der Waals surface area (Å²) in [4.78, 5) is 12.7. The van der Waals surface area contributed by atoms with Crippen molar-refractivity contribution in [2.75, 3.05) is 7.11 Å². The molecule has 0 aromatic heterocycles. The van der Waals surface area contributed by atoms with E-state index >= 15 is 0 Å². The molecule has 1 saturated heterocycles. The lowest BCUT2D eigenvalue weighted by atomic mass is 9.71. The molecule has 0 saturated carbocycles. The molecule has 3 nitrogen and oxygen atoms in total. The van der Waals surface area contributed by atoms with Crippen molar-refractivity contribution in [1.82, 2.24) is 5.32 Å². The number of methoxy groups -OCH3 is 1. The van der Waals surface area contributed by atoms with Gasteiger partial charge in [0.2, 0.25) is 5.91 Å². The summed E-state index contributed by atoms with van der Waals surface area (Å²) in [7, 11) is 1.65. The van der Waals surface area contributed by atoms with Crippen LogP contribution in [0.3, 0.4) is 0 Å². The van der Waals surface area contributed by atoms with Crippen molar-refractivity contribution in [2.24, 2.45) is 0 Å². The fraction of sp³-hybridized carbons (Fsp3) is 0.381. The van der Waals surface area contributed by atoms with Gasteiger partial charge in [0.15, 0.2) is 0 Å². The first-order valence-electron chi connectivity index (χ1n) is 8.43. The largest absolute Gasteiger partial charge is 0.497 e. The van der Waals surface area contributed by atoms with Gasteiger partial charge in [0, 0.05) is 11.5 Å². The molecule has 0 aliphatic carbocycles. The zero-order valence-corrected chi connectivity index (χ0v) is 14.8. The van der Waals surface area contributed by atoms with Crippen molar-refractivity contribution < 1.29 is 9.53 Å². The van der Waals surface area contributed by atoms with Crippen molar-refractivity contribution in [2.45, 2.75) is 44.6 Å². The van der Waals surface area contributed by atoms with Crippen molar-refractivity contribution in [3.8, 4) is 5.75 Å². The number of ether oxygens (including phenoxy) is 1. The van der Waals surface area contributed by atoms with E-state index in [4.69, 9.17) is 4.74 Å². The van der Waals surface area contributed by atoms with Crippen LogP contribution in [-0.2, 0) is 4.79 Å². The van der Waals surface area contributed by atoms with Crippen molar-refractivity contribution in [3.63, 3.8) is 0 Å². The third kappa shape index (κ3) is 3.16. The van der Waals surface area contributed by atoms with E-state index in [2.05, 4.69) is 50.4 Å². The monoisotopic (exact) mass is 323 g/mol. The van der Waals surface area contributed by atoms with Gasteiger partial charge >= 0.3 is 0 Å². The van der Waals surface area contributed by atoms with Crippen LogP contribution in [0.15, 0.2) is 48.5 Å². The second kappa shape index (κ2) is 6.31. The van der Waals surface area contributed by atoms with Crippen LogP contribution in [0, 0.1) is 6.92 Å². The minimum absolute atomic E-state index is 0.106. The van der Waals surface area contributed by atoms with E-state index in [0.29, 0.717) is 0 Å². The molecule has 1 heterocycles. The molecular formula is C21H25NO2. The molecule has 1 fully saturated rings. The van der Waals surface area contributed by atoms with Gasteiger partial charge in [-0.15, -0.1) is 0 Å². The molecular weight excluding hydrogens is 298 g/mol. The molecule has 126 valence electrons. The maximum absolute atomic E-state index is 12.7. The number of benzene rings is 2. The molecule has 2 aromatic rings. The number of carbonyl (C=O) groups excluding carboxylic acids is 1. The predicted octanol–water partition coefficient (Wildman–Crippen LogP) is 4.17. The van der Waals surface area contributed by atoms with Crippen LogP contribution in [0.5, 0.6) is 5.75 Å². The summed E-state index contributed by atoms with van der Waals surface area (Å²) in [6, 6.07) is 16.4. The highest BCUT2D eigenvalue weighted by atomic mass is 16.5. The topological polar surface area (TPSA) is 38.3 Å². The van der Waals surface area contributed by atoms with Crippen LogP contribution in [-0.4, -0.2) is 18.6 Å². The summed E-state index contributed by atoms with van der Waals surface area (Å²) < 4.78 is 5.22. The molecule has 0 radical (unpaired) electrons. The number of nitrogens with one attached hydrogen (secondary N) is 1. The third-order valence-electron chi connectivity index (χ3n) is 5.07. The molecule has 2 atom stereocenters. The summed E-state index contributed by atoms with van der Waals surface area (Å²) in [6.45, 7) is 6.34. The molecule has 0 bridgehead atoms. The molecule has 24 heavy (non-hydrogen) atoms. The lowest BCUT2D eigenvalue weighted by Crippen LogP contribution is -2.54. The van der Waals surface area contributed by atoms with E-state index in [1.807, 2.05) is 24.3 Å². The number of rotatable bonds is 3. The van der Waals surface area contributed by atoms with E-state index < -0.39 is 0 Å². The first-order valence-corrected chi connectivity index (χ1v) is 8.43. The lowest BCUT2D eigenvalue weighted by Gasteiger charge is -2.43. The third-order valence-corrected chi connectivity index (χ3v) is 5.07. The van der Waals surface area contributed by atoms with E-state index in [0.717, 1.165) is 17.7 Å². The van der Waals surface area contributed by atoms with Gasteiger partial charge in [-0.1, -0.05) is 42.0 Å². The molecule has 3 heteroatoms. The van der Waals surface area contributed by atoms with Gasteiger partial charge in [0.25, 0.3) is 0 Å². The van der Waals surface area contributed by atoms with E-state index in [1.165, 1.54) is 11.1 Å². The number of hydrogen-bond acceptors (Lipinski definition) is 2. The summed E-state index contributed by atoms with van der Waals surface area (Å²) in [5.74, 6) is 1.07. The Kier molecular flexibility index (Phi) is 4.35. The van der Waals surface area contributed by atoms with Crippen LogP contribution in [0.4, 0.5) is 0 Å². The first-order chi connectivity index (χ1) is 11.4. The minimum Gasteiger partial charge on any atom is -0.497 e. The summed E-state index contributed by atoms with van der Waals surface area (Å²) in [5, 5.41) is 3.23. The maximum Gasteiger partial charge on any atom is 0.227 e. The molecule has 2 unspecified atom stereocenters. The van der Waals surface area contributed by atoms with Gasteiger partial charge in [-0.25, -0.2) is 0 Å². The Morgan fingerprint density at radius 2 is 1.79 bits per heavy atom. The Balaban J connectivity index is 1.93. The highest BCUT2D eigenvalue weighted by Crippen LogP contribution is 2.41. The van der Waals surface area contributed by atoms with Gasteiger partial charge in [-0.05, 0) is 50.5 Å². The highest BCUT2D eigenvalue weighted by molar-refractivity contribution is 5.85. The summed E-state index contributed by atoms with van der Waals surface area (Å²) in [5.41, 5.74) is 3.33. The van der Waals surface area contributed by atoms with Gasteiger partial charge in [-0.3, -0.25) is 4.79 Å². The standard InChI is InChI=1S/C21H25NO2/c1-14-6-5-7-16(12-14)19-13-18(20(23)22-21(19,2)3)15-8-10-17(24-4)11-9-15/h5-12,18-19H,13H2,1-4H3,(H,22,23). The average Bonchev–Trinajstić information content (AvgIpc) is 2.54. The van der Waals surface area contributed by atoms with Crippen LogP contribution in [0.25, 0.3) is 0 Å². The van der Waals surface area contributed by atoms with E-state index in [-0.39, 0.29) is 23.3 Å². The Morgan fingerprint density at radius 3 is 2.42 bits per heavy atom. The van der Waals surface area contributed by atoms with Crippen LogP contribution in [0.1, 0.15) is 48.8 Å². The fourth-order valence-electron chi connectivity index (χ4n) is 3.69. The lowest BCUT2D eigenvalue weighted by molar-refractivity contribution is -0.127. The molecule has 3 rings (SSSR count). The van der Waals surface area contributed by atoms with Crippen LogP contribution in [0.2, 0.25) is 0 Å². The van der Waals surface area contributed by atoms with Gasteiger partial charge in [0.1, 0.15) is 5.75 Å². The second-order valence-corrected chi connectivity index (χ2v) is 7.24. The normalized spacial score (nSPS) is 22.8. The first kappa shape index (κ1) is 16.6. The smallest absolute Gasteiger partial charge is 0.227 e. The molecule has 0 spiro atoms. The number of amides is 1. The maximum atomic E-state index is 12.7. The van der Waals surface area contributed by atoms with Crippen molar-refractivity contribution >= 4 is 5.91 Å². The fourth-order valence-corrected chi connectivity index (χ4v) is 3.69. The van der Waals surface area contributed by atoms with Crippen LogP contribution >= 0.6 is 0 Å².